The Balaban J connectivity index is 1.63. The second-order valence-corrected chi connectivity index (χ2v) is 12.1. The fourth-order valence-electron chi connectivity index (χ4n) is 7.24. The maximum absolute atomic E-state index is 14.6. The minimum atomic E-state index is -1.35. The summed E-state index contributed by atoms with van der Waals surface area (Å²) in [6.45, 7) is 12.6. The van der Waals surface area contributed by atoms with Gasteiger partial charge >= 0.3 is 0 Å². The smallest absolute Gasteiger partial charge is 0.249 e. The highest BCUT2D eigenvalue weighted by molar-refractivity contribution is 6.04. The Hall–Kier alpha value is -3.17. The fourth-order valence-corrected chi connectivity index (χ4v) is 7.24. The van der Waals surface area contributed by atoms with E-state index in [-0.39, 0.29) is 36.3 Å². The second kappa shape index (κ2) is 10.9. The van der Waals surface area contributed by atoms with Crippen molar-refractivity contribution in [3.63, 3.8) is 0 Å². The molecule has 9 nitrogen and oxygen atoms in total. The number of hydrogen-bond acceptors (Lipinski definition) is 6. The molecule has 1 N–H and O–H groups in total. The Kier molecular flexibility index (Phi) is 7.80. The number of rotatable bonds is 8. The molecule has 9 heteroatoms. The van der Waals surface area contributed by atoms with Crippen molar-refractivity contribution in [2.75, 3.05) is 31.2 Å². The maximum atomic E-state index is 14.6. The van der Waals surface area contributed by atoms with E-state index in [1.54, 1.807) is 14.7 Å². The highest BCUT2D eigenvalue weighted by Crippen LogP contribution is 2.58. The van der Waals surface area contributed by atoms with Gasteiger partial charge in [-0.15, -0.1) is 0 Å². The van der Waals surface area contributed by atoms with Crippen LogP contribution in [0.5, 0.6) is 5.75 Å². The van der Waals surface area contributed by atoms with Gasteiger partial charge in [0.25, 0.3) is 0 Å². The topological polar surface area (TPSA) is 99.6 Å². The fraction of sp³-hybridized carbons (Fsp3) is 0.594. The minimum absolute atomic E-state index is 0.0659. The molecular weight excluding hydrogens is 522 g/mol. The summed E-state index contributed by atoms with van der Waals surface area (Å²) in [5.41, 5.74) is -1.76. The van der Waals surface area contributed by atoms with Gasteiger partial charge in [0, 0.05) is 24.8 Å². The Labute approximate surface area is 242 Å². The van der Waals surface area contributed by atoms with Crippen molar-refractivity contribution in [3.8, 4) is 5.75 Å². The van der Waals surface area contributed by atoms with Crippen molar-refractivity contribution in [1.82, 2.24) is 9.80 Å². The lowest BCUT2D eigenvalue weighted by molar-refractivity contribution is -0.156. The van der Waals surface area contributed by atoms with Gasteiger partial charge < -0.3 is 29.3 Å². The summed E-state index contributed by atoms with van der Waals surface area (Å²) in [5, 5.41) is 10.5. The van der Waals surface area contributed by atoms with E-state index >= 15 is 0 Å². The number of aliphatic hydroxyl groups is 1. The molecule has 2 fully saturated rings. The molecule has 0 aliphatic carbocycles. The molecule has 3 amide bonds. The lowest BCUT2D eigenvalue weighted by Crippen LogP contribution is -2.60. The molecule has 1 aromatic rings. The summed E-state index contributed by atoms with van der Waals surface area (Å²) >= 11 is 0. The monoisotopic (exact) mass is 565 g/mol. The molecule has 0 radical (unpaired) electrons. The van der Waals surface area contributed by atoms with Gasteiger partial charge in [-0.2, -0.15) is 0 Å². The third-order valence-electron chi connectivity index (χ3n) is 9.45. The molecule has 0 bridgehead atoms. The number of hydrogen-bond donors (Lipinski definition) is 1. The normalized spacial score (nSPS) is 32.5. The predicted molar refractivity (Wildman–Crippen MR) is 155 cm³/mol. The quantitative estimate of drug-likeness (QED) is 0.486. The maximum Gasteiger partial charge on any atom is 0.249 e. The Morgan fingerprint density at radius 3 is 2.27 bits per heavy atom. The molecule has 0 aromatic heterocycles. The molecule has 222 valence electrons. The summed E-state index contributed by atoms with van der Waals surface area (Å²) in [7, 11) is 0. The van der Waals surface area contributed by atoms with Crippen molar-refractivity contribution in [1.29, 1.82) is 0 Å². The number of benzene rings is 1. The van der Waals surface area contributed by atoms with Crippen LogP contribution in [0, 0.1) is 17.8 Å². The van der Waals surface area contributed by atoms with E-state index in [2.05, 4.69) is 0 Å². The summed E-state index contributed by atoms with van der Waals surface area (Å²) < 4.78 is 12.5. The standard InChI is InChI=1S/C32H43N3O6/c1-7-21(5)24(19-36)35-27-30(39)33(20(3)4)17-10-16-32(27)26(29(35)38)25-28(37)34(18-9-15-31(25,6)41-32)22-11-13-23(14-12-22)40-8-2/h9-16,20-21,24-27,36H,7-8,17-19H2,1-6H3/t21-,24-,25-,26-,27?,31+,32-/m0/s1. The number of carbonyl (C=O) groups is 3. The van der Waals surface area contributed by atoms with Crippen LogP contribution in [-0.2, 0) is 19.1 Å². The van der Waals surface area contributed by atoms with Crippen LogP contribution in [0.1, 0.15) is 48.0 Å². The number of likely N-dealkylation sites (tertiary alicyclic amines) is 1. The van der Waals surface area contributed by atoms with E-state index in [1.165, 1.54) is 0 Å². The Morgan fingerprint density at radius 2 is 1.66 bits per heavy atom. The first-order valence-electron chi connectivity index (χ1n) is 14.9. The highest BCUT2D eigenvalue weighted by Gasteiger charge is 2.75. The third kappa shape index (κ3) is 4.48. The Bertz CT molecular complexity index is 1240. The molecule has 2 saturated heterocycles. The lowest BCUT2D eigenvalue weighted by atomic mass is 9.74. The molecule has 1 spiro atoms. The molecule has 7 atom stereocenters. The van der Waals surface area contributed by atoms with Crippen molar-refractivity contribution in [3.05, 3.63) is 48.6 Å². The van der Waals surface area contributed by atoms with E-state index in [0.29, 0.717) is 37.6 Å². The molecular formula is C32H43N3O6. The average Bonchev–Trinajstić information content (AvgIpc) is 3.20. The molecule has 4 aliphatic heterocycles. The summed E-state index contributed by atoms with van der Waals surface area (Å²) in [4.78, 5) is 48.5. The lowest BCUT2D eigenvalue weighted by Gasteiger charge is -2.42. The van der Waals surface area contributed by atoms with Gasteiger partial charge in [-0.25, -0.2) is 0 Å². The van der Waals surface area contributed by atoms with Gasteiger partial charge in [0.1, 0.15) is 17.4 Å². The van der Waals surface area contributed by atoms with E-state index in [1.807, 2.05) is 90.1 Å². The Morgan fingerprint density at radius 1 is 0.976 bits per heavy atom. The van der Waals surface area contributed by atoms with Crippen molar-refractivity contribution in [2.45, 2.75) is 77.3 Å². The molecule has 5 rings (SSSR count). The van der Waals surface area contributed by atoms with Crippen molar-refractivity contribution < 1.29 is 29.0 Å². The van der Waals surface area contributed by atoms with Gasteiger partial charge in [0.15, 0.2) is 0 Å². The van der Waals surface area contributed by atoms with Crippen LogP contribution in [0.4, 0.5) is 5.69 Å². The molecule has 4 aliphatic rings. The van der Waals surface area contributed by atoms with Crippen LogP contribution in [0.2, 0.25) is 0 Å². The largest absolute Gasteiger partial charge is 0.494 e. The number of fused-ring (bicyclic) bond motifs is 2. The number of amides is 3. The van der Waals surface area contributed by atoms with Gasteiger partial charge in [-0.3, -0.25) is 14.4 Å². The van der Waals surface area contributed by atoms with Crippen molar-refractivity contribution >= 4 is 23.4 Å². The summed E-state index contributed by atoms with van der Waals surface area (Å²) in [5.74, 6) is -1.92. The zero-order chi connectivity index (χ0) is 29.7. The highest BCUT2D eigenvalue weighted by atomic mass is 16.5. The van der Waals surface area contributed by atoms with E-state index in [4.69, 9.17) is 9.47 Å². The van der Waals surface area contributed by atoms with Gasteiger partial charge in [-0.1, -0.05) is 44.6 Å². The van der Waals surface area contributed by atoms with Crippen LogP contribution < -0.4 is 9.64 Å². The van der Waals surface area contributed by atoms with E-state index in [9.17, 15) is 19.5 Å². The average molecular weight is 566 g/mol. The minimum Gasteiger partial charge on any atom is -0.494 e. The van der Waals surface area contributed by atoms with Gasteiger partial charge in [-0.05, 0) is 57.9 Å². The predicted octanol–water partition coefficient (Wildman–Crippen LogP) is 3.17. The van der Waals surface area contributed by atoms with Crippen molar-refractivity contribution in [2.24, 2.45) is 17.8 Å². The molecule has 41 heavy (non-hydrogen) atoms. The second-order valence-electron chi connectivity index (χ2n) is 12.1. The van der Waals surface area contributed by atoms with Gasteiger partial charge in [0.2, 0.25) is 17.7 Å². The number of ether oxygens (including phenoxy) is 2. The first kappa shape index (κ1) is 29.3. The van der Waals surface area contributed by atoms with Crippen LogP contribution in [0.25, 0.3) is 0 Å². The van der Waals surface area contributed by atoms with Crippen LogP contribution in [-0.4, -0.2) is 88.3 Å². The number of anilines is 1. The number of carbonyl (C=O) groups excluding carboxylic acids is 3. The summed E-state index contributed by atoms with van der Waals surface area (Å²) in [6.07, 6.45) is 8.25. The third-order valence-corrected chi connectivity index (χ3v) is 9.45. The molecule has 4 heterocycles. The number of nitrogens with zero attached hydrogens (tertiary/aromatic N) is 3. The van der Waals surface area contributed by atoms with Crippen LogP contribution in [0.15, 0.2) is 48.6 Å². The first-order valence-corrected chi connectivity index (χ1v) is 14.9. The summed E-state index contributed by atoms with van der Waals surface area (Å²) in [6, 6.07) is 5.67. The SMILES string of the molecule is CCOc1ccc(N2CC=C[C@@]3(C)O[C@]45C=CCN(C(C)C)C(=O)C4N([C@@H](CO)[C@@H](C)CC)C(=O)[C@@H]5[C@H]3C2=O)cc1. The van der Waals surface area contributed by atoms with Crippen LogP contribution >= 0.6 is 0 Å². The van der Waals surface area contributed by atoms with Gasteiger partial charge in [0.05, 0.1) is 36.7 Å². The molecule has 0 saturated carbocycles. The molecule has 1 aromatic carbocycles. The first-order chi connectivity index (χ1) is 19.5. The zero-order valence-corrected chi connectivity index (χ0v) is 24.9. The van der Waals surface area contributed by atoms with Crippen LogP contribution in [0.3, 0.4) is 0 Å². The molecule has 1 unspecified atom stereocenters. The van der Waals surface area contributed by atoms with E-state index in [0.717, 1.165) is 0 Å². The van der Waals surface area contributed by atoms with E-state index < -0.39 is 35.1 Å². The zero-order valence-electron chi connectivity index (χ0n) is 24.9. The number of aliphatic hydroxyl groups excluding tert-OH is 1.